The van der Waals surface area contributed by atoms with Crippen molar-refractivity contribution in [3.05, 3.63) is 16.7 Å². The van der Waals surface area contributed by atoms with Gasteiger partial charge in [-0.15, -0.1) is 0 Å². The third-order valence-corrected chi connectivity index (χ3v) is 4.08. The number of aromatic nitrogens is 1. The Kier molecular flexibility index (Phi) is 5.35. The van der Waals surface area contributed by atoms with Crippen molar-refractivity contribution < 1.29 is 8.42 Å². The number of unbranched alkanes of at least 4 members (excludes halogenated alkanes) is 1. The molecule has 0 unspecified atom stereocenters. The van der Waals surface area contributed by atoms with Crippen LogP contribution in [0.25, 0.3) is 0 Å². The molecular weight excluding hydrogens is 306 g/mol. The van der Waals surface area contributed by atoms with Crippen LogP contribution in [0.5, 0.6) is 0 Å². The number of sulfonamides is 1. The lowest BCUT2D eigenvalue weighted by Gasteiger charge is -2.10. The van der Waals surface area contributed by atoms with E-state index in [9.17, 15) is 8.42 Å². The van der Waals surface area contributed by atoms with Gasteiger partial charge in [-0.05, 0) is 28.4 Å². The van der Waals surface area contributed by atoms with Gasteiger partial charge in [0, 0.05) is 24.3 Å². The first-order chi connectivity index (χ1) is 8.01. The molecule has 0 atom stereocenters. The summed E-state index contributed by atoms with van der Waals surface area (Å²) < 4.78 is 27.2. The van der Waals surface area contributed by atoms with Gasteiger partial charge >= 0.3 is 0 Å². The molecule has 0 aromatic carbocycles. The topological polar surface area (TPSA) is 71.1 Å². The number of pyridine rings is 1. The standard InChI is InChI=1S/C10H16BrN3O2S/c1-3-4-5-14-17(15,16)9-6-8(11)7-13-10(9)12-2/h6-7,14H,3-5H2,1-2H3,(H,12,13). The minimum absolute atomic E-state index is 0.158. The normalized spacial score (nSPS) is 11.5. The van der Waals surface area contributed by atoms with Gasteiger partial charge in [-0.2, -0.15) is 0 Å². The molecule has 0 amide bonds. The average molecular weight is 322 g/mol. The van der Waals surface area contributed by atoms with Crippen LogP contribution in [0.1, 0.15) is 19.8 Å². The molecule has 0 saturated heterocycles. The second-order valence-electron chi connectivity index (χ2n) is 3.50. The Morgan fingerprint density at radius 2 is 2.18 bits per heavy atom. The van der Waals surface area contributed by atoms with Crippen LogP contribution in [-0.2, 0) is 10.0 Å². The fraction of sp³-hybridized carbons (Fsp3) is 0.500. The second-order valence-corrected chi connectivity index (χ2v) is 6.15. The highest BCUT2D eigenvalue weighted by Crippen LogP contribution is 2.22. The van der Waals surface area contributed by atoms with Crippen molar-refractivity contribution in [2.75, 3.05) is 18.9 Å². The monoisotopic (exact) mass is 321 g/mol. The van der Waals surface area contributed by atoms with Gasteiger partial charge in [-0.25, -0.2) is 18.1 Å². The summed E-state index contributed by atoms with van der Waals surface area (Å²) in [5.74, 6) is 0.345. The minimum Gasteiger partial charge on any atom is -0.372 e. The zero-order valence-electron chi connectivity index (χ0n) is 9.83. The van der Waals surface area contributed by atoms with E-state index in [-0.39, 0.29) is 4.90 Å². The van der Waals surface area contributed by atoms with E-state index < -0.39 is 10.0 Å². The summed E-state index contributed by atoms with van der Waals surface area (Å²) in [5, 5.41) is 2.77. The van der Waals surface area contributed by atoms with E-state index >= 15 is 0 Å². The molecule has 17 heavy (non-hydrogen) atoms. The largest absolute Gasteiger partial charge is 0.372 e. The van der Waals surface area contributed by atoms with Crippen LogP contribution >= 0.6 is 15.9 Å². The Hall–Kier alpha value is -0.660. The lowest BCUT2D eigenvalue weighted by Crippen LogP contribution is -2.25. The summed E-state index contributed by atoms with van der Waals surface area (Å²) in [4.78, 5) is 4.17. The molecule has 0 saturated carbocycles. The lowest BCUT2D eigenvalue weighted by atomic mass is 10.3. The molecule has 7 heteroatoms. The number of nitrogens with one attached hydrogen (secondary N) is 2. The van der Waals surface area contributed by atoms with Gasteiger partial charge in [0.05, 0.1) is 0 Å². The zero-order valence-corrected chi connectivity index (χ0v) is 12.2. The van der Waals surface area contributed by atoms with Crippen LogP contribution < -0.4 is 10.0 Å². The van der Waals surface area contributed by atoms with Gasteiger partial charge in [-0.3, -0.25) is 0 Å². The van der Waals surface area contributed by atoms with Crippen molar-refractivity contribution >= 4 is 31.8 Å². The van der Waals surface area contributed by atoms with Crippen LogP contribution in [0.15, 0.2) is 21.6 Å². The molecule has 0 radical (unpaired) electrons. The van der Waals surface area contributed by atoms with E-state index in [1.54, 1.807) is 13.2 Å². The van der Waals surface area contributed by atoms with Gasteiger partial charge in [0.1, 0.15) is 10.7 Å². The molecule has 0 spiro atoms. The van der Waals surface area contributed by atoms with Crippen LogP contribution in [0.3, 0.4) is 0 Å². The number of anilines is 1. The predicted octanol–water partition coefficient (Wildman–Crippen LogP) is 1.96. The Balaban J connectivity index is 3.00. The summed E-state index contributed by atoms with van der Waals surface area (Å²) >= 11 is 3.22. The maximum Gasteiger partial charge on any atom is 0.244 e. The summed E-state index contributed by atoms with van der Waals surface area (Å²) in [6.45, 7) is 2.45. The maximum absolute atomic E-state index is 12.0. The molecule has 1 aromatic rings. The van der Waals surface area contributed by atoms with E-state index in [1.165, 1.54) is 6.07 Å². The number of hydrogen-bond acceptors (Lipinski definition) is 4. The summed E-state index contributed by atoms with van der Waals surface area (Å²) in [6, 6.07) is 1.53. The Morgan fingerprint density at radius 1 is 1.47 bits per heavy atom. The Morgan fingerprint density at radius 3 is 2.76 bits per heavy atom. The van der Waals surface area contributed by atoms with Crippen molar-refractivity contribution in [2.24, 2.45) is 0 Å². The molecule has 5 nitrogen and oxygen atoms in total. The van der Waals surface area contributed by atoms with E-state index in [0.29, 0.717) is 16.8 Å². The van der Waals surface area contributed by atoms with Gasteiger partial charge in [0.2, 0.25) is 10.0 Å². The number of nitrogens with zero attached hydrogens (tertiary/aromatic N) is 1. The highest BCUT2D eigenvalue weighted by Gasteiger charge is 2.18. The van der Waals surface area contributed by atoms with Crippen molar-refractivity contribution in [1.29, 1.82) is 0 Å². The molecule has 96 valence electrons. The average Bonchev–Trinajstić information content (AvgIpc) is 2.29. The summed E-state index contributed by atoms with van der Waals surface area (Å²) in [7, 11) is -1.86. The predicted molar refractivity (Wildman–Crippen MR) is 71.6 cm³/mol. The molecule has 1 rings (SSSR count). The highest BCUT2D eigenvalue weighted by atomic mass is 79.9. The van der Waals surface area contributed by atoms with Crippen molar-refractivity contribution in [3.63, 3.8) is 0 Å². The van der Waals surface area contributed by atoms with E-state index in [2.05, 4.69) is 31.0 Å². The lowest BCUT2D eigenvalue weighted by molar-refractivity contribution is 0.578. The summed E-state index contributed by atoms with van der Waals surface area (Å²) in [5.41, 5.74) is 0. The molecular formula is C10H16BrN3O2S. The molecule has 1 aromatic heterocycles. The zero-order chi connectivity index (χ0) is 12.9. The fourth-order valence-electron chi connectivity index (χ4n) is 1.27. The first kappa shape index (κ1) is 14.4. The Bertz CT molecular complexity index is 476. The van der Waals surface area contributed by atoms with Gasteiger partial charge in [0.15, 0.2) is 0 Å². The van der Waals surface area contributed by atoms with Crippen molar-refractivity contribution in [2.45, 2.75) is 24.7 Å². The fourth-order valence-corrected chi connectivity index (χ4v) is 3.02. The smallest absolute Gasteiger partial charge is 0.244 e. The quantitative estimate of drug-likeness (QED) is 0.786. The SMILES string of the molecule is CCCCNS(=O)(=O)c1cc(Br)cnc1NC. The molecule has 0 bridgehead atoms. The van der Waals surface area contributed by atoms with Crippen molar-refractivity contribution in [3.8, 4) is 0 Å². The molecule has 0 aliphatic carbocycles. The maximum atomic E-state index is 12.0. The third kappa shape index (κ3) is 3.93. The van der Waals surface area contributed by atoms with Crippen molar-refractivity contribution in [1.82, 2.24) is 9.71 Å². The van der Waals surface area contributed by atoms with Gasteiger partial charge in [-0.1, -0.05) is 13.3 Å². The number of hydrogen-bond donors (Lipinski definition) is 2. The van der Waals surface area contributed by atoms with Gasteiger partial charge < -0.3 is 5.32 Å². The first-order valence-electron chi connectivity index (χ1n) is 5.34. The minimum atomic E-state index is -3.50. The van der Waals surface area contributed by atoms with Gasteiger partial charge in [0.25, 0.3) is 0 Å². The van der Waals surface area contributed by atoms with E-state index in [4.69, 9.17) is 0 Å². The Labute approximate surface area is 110 Å². The summed E-state index contributed by atoms with van der Waals surface area (Å²) in [6.07, 6.45) is 3.31. The molecule has 0 fully saturated rings. The molecule has 0 aliphatic rings. The first-order valence-corrected chi connectivity index (χ1v) is 7.62. The number of rotatable bonds is 6. The highest BCUT2D eigenvalue weighted by molar-refractivity contribution is 9.10. The molecule has 1 heterocycles. The van der Waals surface area contributed by atoms with Crippen LogP contribution in [0, 0.1) is 0 Å². The van der Waals surface area contributed by atoms with Crippen LogP contribution in [-0.4, -0.2) is 27.0 Å². The third-order valence-electron chi connectivity index (χ3n) is 2.17. The number of halogens is 1. The second kappa shape index (κ2) is 6.32. The van der Waals surface area contributed by atoms with E-state index in [0.717, 1.165) is 12.8 Å². The molecule has 2 N–H and O–H groups in total. The van der Waals surface area contributed by atoms with E-state index in [1.807, 2.05) is 6.92 Å². The molecule has 0 aliphatic heterocycles. The van der Waals surface area contributed by atoms with Crippen LogP contribution in [0.4, 0.5) is 5.82 Å². The van der Waals surface area contributed by atoms with Crippen LogP contribution in [0.2, 0.25) is 0 Å².